The van der Waals surface area contributed by atoms with Gasteiger partial charge in [0.05, 0.1) is 31.2 Å². The summed E-state index contributed by atoms with van der Waals surface area (Å²) in [5, 5.41) is 2.99. The van der Waals surface area contributed by atoms with Gasteiger partial charge in [-0.1, -0.05) is 6.07 Å². The fourth-order valence-corrected chi connectivity index (χ4v) is 5.43. The number of hydrogen-bond acceptors (Lipinski definition) is 8. The summed E-state index contributed by atoms with van der Waals surface area (Å²) in [6, 6.07) is 6.45. The molecular formula is C20H22N6O3S. The van der Waals surface area contributed by atoms with Crippen LogP contribution in [0, 0.1) is 6.92 Å². The Morgan fingerprint density at radius 3 is 2.77 bits per heavy atom. The number of nitrogens with zero attached hydrogens (tertiary/aromatic N) is 5. The van der Waals surface area contributed by atoms with Gasteiger partial charge in [-0.25, -0.2) is 23.4 Å². The van der Waals surface area contributed by atoms with Crippen molar-refractivity contribution in [1.29, 1.82) is 0 Å². The molecular weight excluding hydrogens is 404 g/mol. The van der Waals surface area contributed by atoms with Gasteiger partial charge in [0, 0.05) is 18.9 Å². The third-order valence-electron chi connectivity index (χ3n) is 4.91. The number of ether oxygens (including phenoxy) is 1. The van der Waals surface area contributed by atoms with Crippen molar-refractivity contribution in [3.8, 4) is 5.75 Å². The van der Waals surface area contributed by atoms with E-state index in [-0.39, 0.29) is 4.90 Å². The summed E-state index contributed by atoms with van der Waals surface area (Å²) in [5.74, 6) is 1.18. The molecule has 3 heterocycles. The molecule has 30 heavy (non-hydrogen) atoms. The first-order valence-corrected chi connectivity index (χ1v) is 11.0. The first-order chi connectivity index (χ1) is 14.5. The molecule has 1 N–H and O–H groups in total. The van der Waals surface area contributed by atoms with Crippen LogP contribution in [-0.2, 0) is 10.0 Å². The molecule has 0 radical (unpaired) electrons. The van der Waals surface area contributed by atoms with Crippen molar-refractivity contribution in [2.75, 3.05) is 19.0 Å². The molecule has 0 unspecified atom stereocenters. The van der Waals surface area contributed by atoms with Crippen molar-refractivity contribution < 1.29 is 13.2 Å². The normalized spacial score (nSPS) is 17.1. The molecule has 0 spiro atoms. The van der Waals surface area contributed by atoms with Crippen LogP contribution in [0.1, 0.15) is 30.1 Å². The van der Waals surface area contributed by atoms with Crippen molar-refractivity contribution in [2.24, 2.45) is 0 Å². The van der Waals surface area contributed by atoms with Crippen molar-refractivity contribution in [1.82, 2.24) is 24.2 Å². The summed E-state index contributed by atoms with van der Waals surface area (Å²) >= 11 is 0. The highest BCUT2D eigenvalue weighted by Crippen LogP contribution is 2.38. The molecule has 156 valence electrons. The summed E-state index contributed by atoms with van der Waals surface area (Å²) in [4.78, 5) is 17.2. The third kappa shape index (κ3) is 3.96. The predicted molar refractivity (Wildman–Crippen MR) is 111 cm³/mol. The van der Waals surface area contributed by atoms with Crippen molar-refractivity contribution in [2.45, 2.75) is 30.7 Å². The summed E-state index contributed by atoms with van der Waals surface area (Å²) in [5.41, 5.74) is 1.42. The van der Waals surface area contributed by atoms with E-state index >= 15 is 0 Å². The van der Waals surface area contributed by atoms with E-state index in [0.717, 1.165) is 12.0 Å². The number of aromatic nitrogens is 4. The van der Waals surface area contributed by atoms with Gasteiger partial charge in [0.1, 0.15) is 10.6 Å². The van der Waals surface area contributed by atoms with Gasteiger partial charge in [-0.05, 0) is 43.5 Å². The van der Waals surface area contributed by atoms with E-state index in [4.69, 9.17) is 4.74 Å². The lowest BCUT2D eigenvalue weighted by Crippen LogP contribution is -2.31. The number of nitrogens with one attached hydrogen (secondary N) is 1. The first-order valence-electron chi connectivity index (χ1n) is 9.51. The second-order valence-corrected chi connectivity index (χ2v) is 8.81. The third-order valence-corrected chi connectivity index (χ3v) is 6.84. The fraction of sp³-hybridized carbons (Fsp3) is 0.300. The van der Waals surface area contributed by atoms with Crippen LogP contribution in [0.4, 0.5) is 11.8 Å². The highest BCUT2D eigenvalue weighted by Gasteiger charge is 2.38. The lowest BCUT2D eigenvalue weighted by Gasteiger charge is -2.24. The Morgan fingerprint density at radius 2 is 2.00 bits per heavy atom. The zero-order chi connectivity index (χ0) is 21.1. The number of rotatable bonds is 6. The van der Waals surface area contributed by atoms with Crippen molar-refractivity contribution in [3.05, 3.63) is 60.3 Å². The van der Waals surface area contributed by atoms with Crippen LogP contribution in [0.2, 0.25) is 0 Å². The van der Waals surface area contributed by atoms with E-state index in [1.54, 1.807) is 43.0 Å². The van der Waals surface area contributed by atoms with Gasteiger partial charge >= 0.3 is 0 Å². The van der Waals surface area contributed by atoms with Crippen LogP contribution in [0.15, 0.2) is 53.9 Å². The molecule has 1 saturated heterocycles. The largest absolute Gasteiger partial charge is 0.495 e. The minimum absolute atomic E-state index is 0.164. The maximum atomic E-state index is 13.5. The minimum Gasteiger partial charge on any atom is -0.495 e. The predicted octanol–water partition coefficient (Wildman–Crippen LogP) is 2.85. The van der Waals surface area contributed by atoms with Crippen LogP contribution in [-0.4, -0.2) is 46.3 Å². The van der Waals surface area contributed by atoms with E-state index in [0.29, 0.717) is 36.2 Å². The Bertz CT molecular complexity index is 1140. The monoisotopic (exact) mass is 426 g/mol. The minimum atomic E-state index is -3.78. The molecule has 3 aromatic rings. The zero-order valence-electron chi connectivity index (χ0n) is 16.7. The molecule has 4 rings (SSSR count). The lowest BCUT2D eigenvalue weighted by atomic mass is 10.2. The van der Waals surface area contributed by atoms with Gasteiger partial charge < -0.3 is 10.1 Å². The highest BCUT2D eigenvalue weighted by molar-refractivity contribution is 7.89. The molecule has 1 atom stereocenters. The molecule has 9 nitrogen and oxygen atoms in total. The fourth-order valence-electron chi connectivity index (χ4n) is 3.52. The van der Waals surface area contributed by atoms with Gasteiger partial charge in [0.25, 0.3) is 0 Å². The zero-order valence-corrected chi connectivity index (χ0v) is 17.5. The summed E-state index contributed by atoms with van der Waals surface area (Å²) < 4.78 is 33.8. The molecule has 1 aromatic carbocycles. The standard InChI is InChI=1S/C20H22N6O3S/c1-14-6-7-17(29-2)18(11-14)30(27,28)26-10-3-5-16(26)15-12-21-13-19(24-15)25-20-22-8-4-9-23-20/h4,6-9,11-13,16H,3,5,10H2,1-2H3,(H,22,23,24,25)/t16-/m0/s1. The van der Waals surface area contributed by atoms with Crippen LogP contribution in [0.5, 0.6) is 5.75 Å². The van der Waals surface area contributed by atoms with Crippen LogP contribution in [0.25, 0.3) is 0 Å². The average molecular weight is 427 g/mol. The summed E-state index contributed by atoms with van der Waals surface area (Å²) in [6.07, 6.45) is 7.78. The van der Waals surface area contributed by atoms with Gasteiger partial charge in [-0.2, -0.15) is 4.31 Å². The number of anilines is 2. The van der Waals surface area contributed by atoms with E-state index in [2.05, 4.69) is 25.3 Å². The van der Waals surface area contributed by atoms with E-state index < -0.39 is 16.1 Å². The molecule has 0 amide bonds. The van der Waals surface area contributed by atoms with Crippen molar-refractivity contribution in [3.63, 3.8) is 0 Å². The summed E-state index contributed by atoms with van der Waals surface area (Å²) in [7, 11) is -2.31. The first kappa shape index (κ1) is 20.2. The molecule has 1 fully saturated rings. The molecule has 1 aliphatic rings. The lowest BCUT2D eigenvalue weighted by molar-refractivity contribution is 0.377. The quantitative estimate of drug-likeness (QED) is 0.641. The number of aryl methyl sites for hydroxylation is 1. The summed E-state index contributed by atoms with van der Waals surface area (Å²) in [6.45, 7) is 2.26. The Kier molecular flexibility index (Phi) is 5.60. The van der Waals surface area contributed by atoms with E-state index in [1.807, 2.05) is 13.0 Å². The Labute approximate surface area is 175 Å². The molecule has 0 saturated carbocycles. The Balaban J connectivity index is 1.66. The van der Waals surface area contributed by atoms with Gasteiger partial charge in [0.15, 0.2) is 5.82 Å². The topological polar surface area (TPSA) is 110 Å². The van der Waals surface area contributed by atoms with Crippen LogP contribution < -0.4 is 10.1 Å². The highest BCUT2D eigenvalue weighted by atomic mass is 32.2. The SMILES string of the molecule is COc1ccc(C)cc1S(=O)(=O)N1CCC[C@H]1c1cncc(Nc2ncccn2)n1. The molecule has 1 aliphatic heterocycles. The van der Waals surface area contributed by atoms with Crippen LogP contribution >= 0.6 is 0 Å². The molecule has 10 heteroatoms. The Morgan fingerprint density at radius 1 is 1.20 bits per heavy atom. The number of sulfonamides is 1. The van der Waals surface area contributed by atoms with Crippen LogP contribution in [0.3, 0.4) is 0 Å². The van der Waals surface area contributed by atoms with Gasteiger partial charge in [-0.3, -0.25) is 4.98 Å². The van der Waals surface area contributed by atoms with Gasteiger partial charge in [0.2, 0.25) is 16.0 Å². The number of methoxy groups -OCH3 is 1. The molecule has 0 aliphatic carbocycles. The average Bonchev–Trinajstić information content (AvgIpc) is 3.26. The number of hydrogen-bond donors (Lipinski definition) is 1. The molecule has 2 aromatic heterocycles. The number of benzene rings is 1. The maximum absolute atomic E-state index is 13.5. The Hall–Kier alpha value is -3.11. The van der Waals surface area contributed by atoms with E-state index in [9.17, 15) is 8.42 Å². The van der Waals surface area contributed by atoms with Gasteiger partial charge in [-0.15, -0.1) is 0 Å². The van der Waals surface area contributed by atoms with Crippen molar-refractivity contribution >= 4 is 21.8 Å². The second kappa shape index (κ2) is 8.33. The smallest absolute Gasteiger partial charge is 0.247 e. The van der Waals surface area contributed by atoms with E-state index in [1.165, 1.54) is 11.4 Å². The maximum Gasteiger partial charge on any atom is 0.247 e. The molecule has 0 bridgehead atoms. The second-order valence-electron chi connectivity index (χ2n) is 6.95.